The first-order valence-electron chi connectivity index (χ1n) is 8.70. The van der Waals surface area contributed by atoms with Gasteiger partial charge in [-0.3, -0.25) is 9.69 Å². The van der Waals surface area contributed by atoms with Gasteiger partial charge in [0.25, 0.3) is 5.91 Å². The molecule has 0 aromatic carbocycles. The van der Waals surface area contributed by atoms with E-state index in [0.29, 0.717) is 17.7 Å². The van der Waals surface area contributed by atoms with Gasteiger partial charge in [-0.2, -0.15) is 0 Å². The maximum Gasteiger partial charge on any atom is 0.273 e. The maximum atomic E-state index is 12.6. The van der Waals surface area contributed by atoms with Crippen molar-refractivity contribution in [3.8, 4) is 0 Å². The van der Waals surface area contributed by atoms with Gasteiger partial charge in [0, 0.05) is 44.0 Å². The van der Waals surface area contributed by atoms with Crippen LogP contribution >= 0.6 is 11.3 Å². The molecule has 128 valence electrons. The smallest absolute Gasteiger partial charge is 0.273 e. The molecule has 2 fully saturated rings. The van der Waals surface area contributed by atoms with Crippen molar-refractivity contribution in [1.29, 1.82) is 0 Å². The second-order valence-electron chi connectivity index (χ2n) is 7.12. The lowest BCUT2D eigenvalue weighted by atomic mass is 10.1. The molecule has 0 spiro atoms. The Bertz CT molecular complexity index is 538. The molecule has 2 atom stereocenters. The van der Waals surface area contributed by atoms with Gasteiger partial charge in [0.05, 0.1) is 11.1 Å². The molecule has 1 saturated carbocycles. The molecule has 1 aliphatic heterocycles. The lowest BCUT2D eigenvalue weighted by Crippen LogP contribution is -2.53. The Morgan fingerprint density at radius 2 is 2.09 bits per heavy atom. The minimum absolute atomic E-state index is 0.0582. The highest BCUT2D eigenvalue weighted by Crippen LogP contribution is 2.25. The van der Waals surface area contributed by atoms with E-state index >= 15 is 0 Å². The molecule has 5 nitrogen and oxygen atoms in total. The highest BCUT2D eigenvalue weighted by atomic mass is 32.1. The van der Waals surface area contributed by atoms with Gasteiger partial charge in [0.15, 0.2) is 0 Å². The van der Waals surface area contributed by atoms with Crippen LogP contribution in [0.3, 0.4) is 0 Å². The summed E-state index contributed by atoms with van der Waals surface area (Å²) in [6.45, 7) is 7.52. The summed E-state index contributed by atoms with van der Waals surface area (Å²) < 4.78 is 0. The molecule has 1 saturated heterocycles. The van der Waals surface area contributed by atoms with Crippen molar-refractivity contribution in [2.75, 3.05) is 26.2 Å². The summed E-state index contributed by atoms with van der Waals surface area (Å²) >= 11 is 1.59. The Hall–Kier alpha value is -0.980. The first-order valence-corrected chi connectivity index (χ1v) is 9.58. The van der Waals surface area contributed by atoms with Crippen molar-refractivity contribution in [1.82, 2.24) is 14.8 Å². The number of hydrogen-bond donors (Lipinski definition) is 1. The number of aliphatic hydroxyl groups excluding tert-OH is 1. The zero-order chi connectivity index (χ0) is 16.4. The molecule has 6 heteroatoms. The second kappa shape index (κ2) is 7.28. The van der Waals surface area contributed by atoms with E-state index in [4.69, 9.17) is 0 Å². The number of aliphatic hydroxyl groups is 1. The minimum Gasteiger partial charge on any atom is -0.391 e. The second-order valence-corrected chi connectivity index (χ2v) is 8.06. The monoisotopic (exact) mass is 337 g/mol. The topological polar surface area (TPSA) is 56.7 Å². The number of piperazine rings is 1. The Morgan fingerprint density at radius 3 is 2.70 bits per heavy atom. The van der Waals surface area contributed by atoms with Crippen molar-refractivity contribution >= 4 is 17.2 Å². The Labute approximate surface area is 142 Å². The van der Waals surface area contributed by atoms with E-state index < -0.39 is 0 Å². The van der Waals surface area contributed by atoms with Crippen LogP contribution in [-0.2, 0) is 6.42 Å². The van der Waals surface area contributed by atoms with Gasteiger partial charge in [-0.15, -0.1) is 11.3 Å². The van der Waals surface area contributed by atoms with E-state index in [1.807, 2.05) is 10.3 Å². The molecule has 2 heterocycles. The van der Waals surface area contributed by atoms with Gasteiger partial charge >= 0.3 is 0 Å². The number of aromatic nitrogens is 1. The van der Waals surface area contributed by atoms with E-state index in [-0.39, 0.29) is 12.0 Å². The summed E-state index contributed by atoms with van der Waals surface area (Å²) in [5, 5.41) is 13.0. The van der Waals surface area contributed by atoms with Gasteiger partial charge in [-0.25, -0.2) is 4.98 Å². The van der Waals surface area contributed by atoms with Crippen LogP contribution in [0.1, 0.15) is 48.6 Å². The average molecular weight is 337 g/mol. The summed E-state index contributed by atoms with van der Waals surface area (Å²) in [5.74, 6) is 0.619. The zero-order valence-electron chi connectivity index (χ0n) is 14.1. The molecule has 3 rings (SSSR count). The van der Waals surface area contributed by atoms with Gasteiger partial charge in [0.2, 0.25) is 0 Å². The van der Waals surface area contributed by atoms with Crippen LogP contribution in [0.15, 0.2) is 5.38 Å². The number of hydrogen-bond acceptors (Lipinski definition) is 5. The van der Waals surface area contributed by atoms with E-state index in [2.05, 4.69) is 23.7 Å². The van der Waals surface area contributed by atoms with Gasteiger partial charge in [-0.05, 0) is 25.2 Å². The van der Waals surface area contributed by atoms with E-state index in [0.717, 1.165) is 56.9 Å². The van der Waals surface area contributed by atoms with Gasteiger partial charge in [-0.1, -0.05) is 13.8 Å². The van der Waals surface area contributed by atoms with E-state index in [9.17, 15) is 9.90 Å². The largest absolute Gasteiger partial charge is 0.391 e. The SMILES string of the molecule is CC(C)Cc1nc(C(=O)N2CCN([C@@H]3CCC[C@@H]3O)CC2)cs1. The standard InChI is InChI=1S/C17H27N3O2S/c1-12(2)10-16-18-13(11-23-16)17(22)20-8-6-19(7-9-20)14-4-3-5-15(14)21/h11-12,14-15,21H,3-10H2,1-2H3/t14-,15+/m1/s1. The van der Waals surface area contributed by atoms with Crippen LogP contribution in [0.25, 0.3) is 0 Å². The molecular weight excluding hydrogens is 310 g/mol. The van der Waals surface area contributed by atoms with Gasteiger partial charge < -0.3 is 10.0 Å². The third kappa shape index (κ3) is 3.92. The molecule has 0 bridgehead atoms. The molecule has 2 aliphatic rings. The Kier molecular flexibility index (Phi) is 5.34. The number of carbonyl (C=O) groups is 1. The van der Waals surface area contributed by atoms with Crippen molar-refractivity contribution < 1.29 is 9.90 Å². The molecule has 23 heavy (non-hydrogen) atoms. The summed E-state index contributed by atoms with van der Waals surface area (Å²) in [7, 11) is 0. The van der Waals surface area contributed by atoms with Crippen LogP contribution in [0.4, 0.5) is 0 Å². The Morgan fingerprint density at radius 1 is 1.35 bits per heavy atom. The van der Waals surface area contributed by atoms with Crippen molar-refractivity contribution in [2.45, 2.75) is 51.7 Å². The quantitative estimate of drug-likeness (QED) is 0.913. The van der Waals surface area contributed by atoms with Crippen LogP contribution in [0, 0.1) is 5.92 Å². The summed E-state index contributed by atoms with van der Waals surface area (Å²) in [6.07, 6.45) is 3.86. The zero-order valence-corrected chi connectivity index (χ0v) is 14.9. The fraction of sp³-hybridized carbons (Fsp3) is 0.765. The van der Waals surface area contributed by atoms with E-state index in [1.54, 1.807) is 11.3 Å². The summed E-state index contributed by atoms with van der Waals surface area (Å²) in [6, 6.07) is 0.296. The predicted molar refractivity (Wildman–Crippen MR) is 91.8 cm³/mol. The minimum atomic E-state index is -0.186. The summed E-state index contributed by atoms with van der Waals surface area (Å²) in [4.78, 5) is 21.4. The lowest BCUT2D eigenvalue weighted by Gasteiger charge is -2.38. The highest BCUT2D eigenvalue weighted by Gasteiger charge is 2.33. The number of rotatable bonds is 4. The fourth-order valence-corrected chi connectivity index (χ4v) is 4.60. The molecule has 1 aromatic rings. The molecule has 0 unspecified atom stereocenters. The molecule has 1 aliphatic carbocycles. The summed E-state index contributed by atoms with van der Waals surface area (Å²) in [5.41, 5.74) is 0.597. The van der Waals surface area contributed by atoms with E-state index in [1.165, 1.54) is 0 Å². The van der Waals surface area contributed by atoms with Crippen molar-refractivity contribution in [3.63, 3.8) is 0 Å². The predicted octanol–water partition coefficient (Wildman–Crippen LogP) is 2.01. The van der Waals surface area contributed by atoms with Gasteiger partial charge in [0.1, 0.15) is 5.69 Å². The first kappa shape index (κ1) is 16.9. The number of nitrogens with zero attached hydrogens (tertiary/aromatic N) is 3. The number of amides is 1. The molecular formula is C17H27N3O2S. The number of thiazole rings is 1. The molecule has 1 N–H and O–H groups in total. The highest BCUT2D eigenvalue weighted by molar-refractivity contribution is 7.09. The van der Waals surface area contributed by atoms with Crippen molar-refractivity contribution in [2.24, 2.45) is 5.92 Å². The lowest BCUT2D eigenvalue weighted by molar-refractivity contribution is 0.0313. The molecule has 0 radical (unpaired) electrons. The van der Waals surface area contributed by atoms with Crippen LogP contribution in [0.5, 0.6) is 0 Å². The maximum absolute atomic E-state index is 12.6. The molecule has 1 aromatic heterocycles. The normalized spacial score (nSPS) is 26.2. The molecule has 1 amide bonds. The third-order valence-electron chi connectivity index (χ3n) is 4.87. The Balaban J connectivity index is 1.54. The number of carbonyl (C=O) groups excluding carboxylic acids is 1. The van der Waals surface area contributed by atoms with Crippen LogP contribution in [-0.4, -0.2) is 64.1 Å². The fourth-order valence-electron chi connectivity index (χ4n) is 3.62. The average Bonchev–Trinajstić information content (AvgIpc) is 3.15. The van der Waals surface area contributed by atoms with Crippen molar-refractivity contribution in [3.05, 3.63) is 16.1 Å². The van der Waals surface area contributed by atoms with Crippen LogP contribution < -0.4 is 0 Å². The third-order valence-corrected chi connectivity index (χ3v) is 5.74. The first-order chi connectivity index (χ1) is 11.0. The van der Waals surface area contributed by atoms with Crippen LogP contribution in [0.2, 0.25) is 0 Å².